The number of nitro benzene ring substituents is 1. The van der Waals surface area contributed by atoms with Crippen molar-refractivity contribution < 1.29 is 24.0 Å². The third-order valence-corrected chi connectivity index (χ3v) is 2.43. The molecule has 0 fully saturated rings. The van der Waals surface area contributed by atoms with Gasteiger partial charge in [0, 0.05) is 0 Å². The van der Waals surface area contributed by atoms with Gasteiger partial charge in [-0.15, -0.1) is 0 Å². The van der Waals surface area contributed by atoms with Gasteiger partial charge >= 0.3 is 5.97 Å². The molecule has 0 aliphatic rings. The van der Waals surface area contributed by atoms with Crippen molar-refractivity contribution in [1.29, 1.82) is 0 Å². The molecule has 0 spiro atoms. The lowest BCUT2D eigenvalue weighted by atomic mass is 10.1. The highest BCUT2D eigenvalue weighted by atomic mass is 16.6. The topological polar surface area (TPSA) is 95.7 Å². The van der Waals surface area contributed by atoms with Gasteiger partial charge in [-0.3, -0.25) is 19.7 Å². The number of hydrogen-bond donors (Lipinski definition) is 0. The molecule has 7 heteroatoms. The van der Waals surface area contributed by atoms with Crippen LogP contribution in [0.5, 0.6) is 5.75 Å². The number of allylic oxidation sites excluding steroid dienone is 1. The van der Waals surface area contributed by atoms with Crippen LogP contribution in [0.25, 0.3) is 6.08 Å². The van der Waals surface area contributed by atoms with Crippen molar-refractivity contribution in [2.24, 2.45) is 0 Å². The minimum Gasteiger partial charge on any atom is -0.497 e. The van der Waals surface area contributed by atoms with Crippen LogP contribution in [-0.4, -0.2) is 30.9 Å². The van der Waals surface area contributed by atoms with Crippen molar-refractivity contribution in [3.05, 3.63) is 40.0 Å². The number of ketones is 1. The quantitative estimate of drug-likeness (QED) is 0.259. The first-order chi connectivity index (χ1) is 9.47. The van der Waals surface area contributed by atoms with Crippen LogP contribution in [0.15, 0.2) is 24.3 Å². The van der Waals surface area contributed by atoms with Crippen LogP contribution in [0.4, 0.5) is 5.69 Å². The standard InChI is InChI=1S/C13H13NO6/c1-19-11-6-4-9(12(8-11)14(17)18)3-5-10(15)7-13(16)20-2/h3-6,8H,7H2,1-2H3. The predicted molar refractivity (Wildman–Crippen MR) is 70.3 cm³/mol. The first-order valence-corrected chi connectivity index (χ1v) is 5.58. The van der Waals surface area contributed by atoms with E-state index >= 15 is 0 Å². The van der Waals surface area contributed by atoms with Crippen LogP contribution in [0.2, 0.25) is 0 Å². The summed E-state index contributed by atoms with van der Waals surface area (Å²) in [4.78, 5) is 32.6. The number of carbonyl (C=O) groups excluding carboxylic acids is 2. The van der Waals surface area contributed by atoms with E-state index in [9.17, 15) is 19.7 Å². The van der Waals surface area contributed by atoms with Gasteiger partial charge in [-0.25, -0.2) is 0 Å². The molecule has 1 aromatic rings. The summed E-state index contributed by atoms with van der Waals surface area (Å²) in [6, 6.07) is 4.25. The van der Waals surface area contributed by atoms with Gasteiger partial charge in [0.15, 0.2) is 5.78 Å². The lowest BCUT2D eigenvalue weighted by Crippen LogP contribution is -2.06. The molecule has 1 rings (SSSR count). The Kier molecular flexibility index (Phi) is 5.40. The van der Waals surface area contributed by atoms with Crippen LogP contribution < -0.4 is 4.74 Å². The monoisotopic (exact) mass is 279 g/mol. The van der Waals surface area contributed by atoms with Gasteiger partial charge in [0.25, 0.3) is 5.69 Å². The molecule has 0 bridgehead atoms. The number of esters is 1. The summed E-state index contributed by atoms with van der Waals surface area (Å²) in [5, 5.41) is 10.9. The average Bonchev–Trinajstić information content (AvgIpc) is 2.44. The fraction of sp³-hybridized carbons (Fsp3) is 0.231. The molecule has 0 amide bonds. The molecule has 0 unspecified atom stereocenters. The maximum atomic E-state index is 11.4. The van der Waals surface area contributed by atoms with Crippen LogP contribution in [-0.2, 0) is 14.3 Å². The van der Waals surface area contributed by atoms with Crippen LogP contribution in [0.3, 0.4) is 0 Å². The molecule has 0 saturated carbocycles. The summed E-state index contributed by atoms with van der Waals surface area (Å²) in [5.41, 5.74) is 0.0560. The molecule has 0 aliphatic carbocycles. The molecular weight excluding hydrogens is 266 g/mol. The number of benzene rings is 1. The summed E-state index contributed by atoms with van der Waals surface area (Å²) in [7, 11) is 2.57. The van der Waals surface area contributed by atoms with Crippen molar-refractivity contribution >= 4 is 23.5 Å². The molecule has 1 aromatic carbocycles. The van der Waals surface area contributed by atoms with Gasteiger partial charge in [0.05, 0.1) is 30.8 Å². The van der Waals surface area contributed by atoms with Crippen molar-refractivity contribution in [2.45, 2.75) is 6.42 Å². The number of methoxy groups -OCH3 is 2. The zero-order valence-corrected chi connectivity index (χ0v) is 11.0. The van der Waals surface area contributed by atoms with E-state index in [4.69, 9.17) is 4.74 Å². The summed E-state index contributed by atoms with van der Waals surface area (Å²) >= 11 is 0. The summed E-state index contributed by atoms with van der Waals surface area (Å²) in [5.74, 6) is -0.819. The van der Waals surface area contributed by atoms with Gasteiger partial charge in [0.1, 0.15) is 12.2 Å². The largest absolute Gasteiger partial charge is 0.497 e. The molecule has 0 saturated heterocycles. The Morgan fingerprint density at radius 2 is 2.05 bits per heavy atom. The van der Waals surface area contributed by atoms with Crippen LogP contribution in [0.1, 0.15) is 12.0 Å². The maximum Gasteiger partial charge on any atom is 0.313 e. The van der Waals surface area contributed by atoms with Gasteiger partial charge in [-0.05, 0) is 24.3 Å². The fourth-order valence-corrected chi connectivity index (χ4v) is 1.41. The van der Waals surface area contributed by atoms with E-state index < -0.39 is 23.1 Å². The van der Waals surface area contributed by atoms with Crippen molar-refractivity contribution in [3.8, 4) is 5.75 Å². The van der Waals surface area contributed by atoms with Gasteiger partial charge in [0.2, 0.25) is 0 Å². The third-order valence-electron chi connectivity index (χ3n) is 2.43. The fourth-order valence-electron chi connectivity index (χ4n) is 1.41. The molecule has 0 radical (unpaired) electrons. The van der Waals surface area contributed by atoms with Gasteiger partial charge in [-0.1, -0.05) is 0 Å². The molecule has 20 heavy (non-hydrogen) atoms. The minimum atomic E-state index is -0.663. The first kappa shape index (κ1) is 15.4. The number of rotatable bonds is 6. The zero-order valence-electron chi connectivity index (χ0n) is 11.0. The van der Waals surface area contributed by atoms with Crippen molar-refractivity contribution in [2.75, 3.05) is 14.2 Å². The summed E-state index contributed by atoms with van der Waals surface area (Å²) < 4.78 is 9.24. The lowest BCUT2D eigenvalue weighted by molar-refractivity contribution is -0.385. The van der Waals surface area contributed by atoms with E-state index in [0.29, 0.717) is 5.75 Å². The summed E-state index contributed by atoms with van der Waals surface area (Å²) in [6.45, 7) is 0. The van der Waals surface area contributed by atoms with E-state index in [0.717, 1.165) is 6.08 Å². The van der Waals surface area contributed by atoms with Crippen LogP contribution >= 0.6 is 0 Å². The summed E-state index contributed by atoms with van der Waals surface area (Å²) in [6.07, 6.45) is 1.98. The lowest BCUT2D eigenvalue weighted by Gasteiger charge is -2.01. The molecular formula is C13H13NO6. The number of nitrogens with zero attached hydrogens (tertiary/aromatic N) is 1. The Labute approximate surface area is 114 Å². The Morgan fingerprint density at radius 3 is 2.60 bits per heavy atom. The second kappa shape index (κ2) is 7.03. The predicted octanol–water partition coefficient (Wildman–Crippen LogP) is 1.75. The Balaban J connectivity index is 2.94. The smallest absolute Gasteiger partial charge is 0.313 e. The molecule has 0 N–H and O–H groups in total. The molecule has 0 aliphatic heterocycles. The Hall–Kier alpha value is -2.70. The molecule has 0 heterocycles. The van der Waals surface area contributed by atoms with E-state index in [2.05, 4.69) is 4.74 Å². The van der Waals surface area contributed by atoms with Gasteiger partial charge in [-0.2, -0.15) is 0 Å². The molecule has 0 aromatic heterocycles. The Bertz CT molecular complexity index is 564. The van der Waals surface area contributed by atoms with Crippen molar-refractivity contribution in [1.82, 2.24) is 0 Å². The highest BCUT2D eigenvalue weighted by molar-refractivity contribution is 6.04. The molecule has 7 nitrogen and oxygen atoms in total. The van der Waals surface area contributed by atoms with E-state index in [-0.39, 0.29) is 11.3 Å². The second-order valence-corrected chi connectivity index (χ2v) is 3.73. The molecule has 106 valence electrons. The number of nitro groups is 1. The van der Waals surface area contributed by atoms with Crippen molar-refractivity contribution in [3.63, 3.8) is 0 Å². The van der Waals surface area contributed by atoms with E-state index in [1.165, 1.54) is 38.5 Å². The minimum absolute atomic E-state index is 0.188. The van der Waals surface area contributed by atoms with Gasteiger partial charge < -0.3 is 9.47 Å². The highest BCUT2D eigenvalue weighted by Gasteiger charge is 2.13. The maximum absolute atomic E-state index is 11.4. The van der Waals surface area contributed by atoms with E-state index in [1.807, 2.05) is 0 Å². The second-order valence-electron chi connectivity index (χ2n) is 3.73. The number of ether oxygens (including phenoxy) is 2. The first-order valence-electron chi connectivity index (χ1n) is 5.58. The Morgan fingerprint density at radius 1 is 1.35 bits per heavy atom. The average molecular weight is 279 g/mol. The number of hydrogen-bond acceptors (Lipinski definition) is 6. The van der Waals surface area contributed by atoms with E-state index in [1.54, 1.807) is 0 Å². The molecule has 0 atom stereocenters. The normalized spacial score (nSPS) is 10.3. The highest BCUT2D eigenvalue weighted by Crippen LogP contribution is 2.25. The van der Waals surface area contributed by atoms with Crippen LogP contribution in [0, 0.1) is 10.1 Å². The zero-order chi connectivity index (χ0) is 15.1. The third kappa shape index (κ3) is 4.20. The SMILES string of the molecule is COC(=O)CC(=O)C=Cc1ccc(OC)cc1[N+](=O)[O-]. The number of carbonyl (C=O) groups is 2.